The standard InChI is InChI=1S/C3H8ClN.HO3P/c1-3(2)5-4;1-4(2)3/h3,5H,1-2H3;(H-,1,2,3)/p+1. The molecule has 0 fully saturated rings. The predicted octanol–water partition coefficient (Wildman–Crippen LogP) is 0.767. The molecule has 0 radical (unpaired) electrons. The number of rotatable bonds is 1. The Balaban J connectivity index is 0. The minimum atomic E-state index is -2.87. The molecule has 0 unspecified atom stereocenters. The lowest BCUT2D eigenvalue weighted by Gasteiger charge is -1.92. The van der Waals surface area contributed by atoms with Crippen molar-refractivity contribution < 1.29 is 14.4 Å². The third-order valence-corrected chi connectivity index (χ3v) is 0.655. The van der Waals surface area contributed by atoms with Crippen LogP contribution in [-0.2, 0) is 4.57 Å². The van der Waals surface area contributed by atoms with Gasteiger partial charge in [0.2, 0.25) is 0 Å². The zero-order valence-corrected chi connectivity index (χ0v) is 6.86. The van der Waals surface area contributed by atoms with Crippen LogP contribution < -0.4 is 4.84 Å². The first-order chi connectivity index (χ1) is 4.00. The molecule has 0 amide bonds. The van der Waals surface area contributed by atoms with Gasteiger partial charge < -0.3 is 0 Å². The fraction of sp³-hybridized carbons (Fsp3) is 1.00. The maximum Gasteiger partial charge on any atom is 0.692 e. The molecule has 0 heterocycles. The Morgan fingerprint density at radius 2 is 1.67 bits per heavy atom. The van der Waals surface area contributed by atoms with Crippen LogP contribution in [0.25, 0.3) is 0 Å². The second-order valence-electron chi connectivity index (χ2n) is 1.52. The van der Waals surface area contributed by atoms with Crippen LogP contribution in [0, 0.1) is 0 Å². The molecule has 0 saturated heterocycles. The average Bonchev–Trinajstić information content (AvgIpc) is 1.65. The van der Waals surface area contributed by atoms with Gasteiger partial charge in [0.25, 0.3) is 0 Å². The van der Waals surface area contributed by atoms with Gasteiger partial charge in [0.1, 0.15) is 0 Å². The van der Waals surface area contributed by atoms with E-state index >= 15 is 0 Å². The highest BCUT2D eigenvalue weighted by atomic mass is 35.5. The van der Waals surface area contributed by atoms with Crippen LogP contribution in [0.3, 0.4) is 0 Å². The molecular weight excluding hydrogens is 164 g/mol. The molecule has 0 atom stereocenters. The number of nitrogens with one attached hydrogen (secondary N) is 1. The van der Waals surface area contributed by atoms with Gasteiger partial charge in [-0.05, 0) is 25.6 Å². The monoisotopic (exact) mass is 174 g/mol. The number of halogens is 1. The SMILES string of the molecule is CC(C)NCl.O=[P+](O)O. The second kappa shape index (κ2) is 8.27. The molecule has 0 aromatic rings. The van der Waals surface area contributed by atoms with Gasteiger partial charge >= 0.3 is 8.25 Å². The lowest BCUT2D eigenvalue weighted by atomic mass is 10.4. The Kier molecular flexibility index (Phi) is 11.0. The smallest absolute Gasteiger partial charge is 0.231 e. The van der Waals surface area contributed by atoms with Gasteiger partial charge in [0.05, 0.1) is 0 Å². The molecule has 0 rings (SSSR count). The first-order valence-corrected chi connectivity index (χ1v) is 3.76. The van der Waals surface area contributed by atoms with Gasteiger partial charge in [-0.3, -0.25) is 0 Å². The summed E-state index contributed by atoms with van der Waals surface area (Å²) in [6.07, 6.45) is 0. The van der Waals surface area contributed by atoms with Crippen molar-refractivity contribution in [2.45, 2.75) is 19.9 Å². The van der Waals surface area contributed by atoms with E-state index in [2.05, 4.69) is 4.84 Å². The highest BCUT2D eigenvalue weighted by molar-refractivity contribution is 7.30. The summed E-state index contributed by atoms with van der Waals surface area (Å²) >= 11 is 5.09. The van der Waals surface area contributed by atoms with E-state index in [9.17, 15) is 0 Å². The minimum absolute atomic E-state index is 0.400. The molecule has 0 spiro atoms. The lowest BCUT2D eigenvalue weighted by molar-refractivity contribution is 0.405. The van der Waals surface area contributed by atoms with Crippen LogP contribution in [0.4, 0.5) is 0 Å². The molecule has 6 heteroatoms. The molecule has 56 valence electrons. The molecule has 0 aromatic carbocycles. The molecule has 0 aromatic heterocycles. The zero-order chi connectivity index (χ0) is 7.86. The molecule has 4 nitrogen and oxygen atoms in total. The van der Waals surface area contributed by atoms with E-state index in [1.165, 1.54) is 0 Å². The van der Waals surface area contributed by atoms with Crippen molar-refractivity contribution in [2.24, 2.45) is 0 Å². The van der Waals surface area contributed by atoms with Gasteiger partial charge in [-0.1, -0.05) is 0 Å². The van der Waals surface area contributed by atoms with E-state index in [1.54, 1.807) is 0 Å². The van der Waals surface area contributed by atoms with Crippen LogP contribution in [-0.4, -0.2) is 15.8 Å². The van der Waals surface area contributed by atoms with Crippen molar-refractivity contribution in [1.82, 2.24) is 4.84 Å². The van der Waals surface area contributed by atoms with Crippen molar-refractivity contribution in [3.05, 3.63) is 0 Å². The van der Waals surface area contributed by atoms with Gasteiger partial charge in [-0.15, -0.1) is 9.79 Å². The number of hydrogen-bond acceptors (Lipinski definition) is 2. The molecule has 0 aliphatic heterocycles. The number of hydrogen-bond donors (Lipinski definition) is 3. The van der Waals surface area contributed by atoms with Crippen LogP contribution in [0.2, 0.25) is 0 Å². The third-order valence-electron chi connectivity index (χ3n) is 0.218. The fourth-order valence-electron chi connectivity index (χ4n) is 0. The van der Waals surface area contributed by atoms with Crippen LogP contribution in [0.15, 0.2) is 0 Å². The topological polar surface area (TPSA) is 69.6 Å². The highest BCUT2D eigenvalue weighted by Crippen LogP contribution is 1.98. The molecule has 0 aliphatic carbocycles. The molecular formula is C3H10ClNO3P+. The Morgan fingerprint density at radius 1 is 1.56 bits per heavy atom. The van der Waals surface area contributed by atoms with E-state index in [1.807, 2.05) is 13.8 Å². The highest BCUT2D eigenvalue weighted by Gasteiger charge is 1.93. The maximum absolute atomic E-state index is 8.70. The summed E-state index contributed by atoms with van der Waals surface area (Å²) in [5.41, 5.74) is 0. The van der Waals surface area contributed by atoms with Crippen molar-refractivity contribution in [3.63, 3.8) is 0 Å². The molecule has 3 N–H and O–H groups in total. The molecule has 0 bridgehead atoms. The largest absolute Gasteiger partial charge is 0.692 e. The van der Waals surface area contributed by atoms with Crippen molar-refractivity contribution in [2.75, 3.05) is 0 Å². The Hall–Kier alpha value is 0.270. The zero-order valence-electron chi connectivity index (χ0n) is 5.21. The summed E-state index contributed by atoms with van der Waals surface area (Å²) in [5, 5.41) is 0. The van der Waals surface area contributed by atoms with Crippen molar-refractivity contribution in [1.29, 1.82) is 0 Å². The average molecular weight is 175 g/mol. The summed E-state index contributed by atoms with van der Waals surface area (Å²) in [5.74, 6) is 0. The van der Waals surface area contributed by atoms with Crippen LogP contribution in [0.5, 0.6) is 0 Å². The first kappa shape index (κ1) is 12.0. The summed E-state index contributed by atoms with van der Waals surface area (Å²) in [6, 6.07) is 0.400. The van der Waals surface area contributed by atoms with Crippen molar-refractivity contribution in [3.8, 4) is 0 Å². The Bertz CT molecular complexity index is 75.5. The molecule has 0 saturated carbocycles. The summed E-state index contributed by atoms with van der Waals surface area (Å²) < 4.78 is 8.70. The molecule has 9 heavy (non-hydrogen) atoms. The predicted molar refractivity (Wildman–Crippen MR) is 36.2 cm³/mol. The van der Waals surface area contributed by atoms with Crippen LogP contribution in [0.1, 0.15) is 13.8 Å². The normalized spacial score (nSPS) is 8.22. The maximum atomic E-state index is 8.70. The fourth-order valence-corrected chi connectivity index (χ4v) is 0. The summed E-state index contributed by atoms with van der Waals surface area (Å²) in [6.45, 7) is 3.96. The Morgan fingerprint density at radius 3 is 1.67 bits per heavy atom. The van der Waals surface area contributed by atoms with E-state index in [0.29, 0.717) is 6.04 Å². The van der Waals surface area contributed by atoms with E-state index in [4.69, 9.17) is 26.1 Å². The van der Waals surface area contributed by atoms with E-state index in [0.717, 1.165) is 0 Å². The summed E-state index contributed by atoms with van der Waals surface area (Å²) in [7, 11) is -2.87. The second-order valence-corrected chi connectivity index (χ2v) is 2.24. The third kappa shape index (κ3) is 63.1. The van der Waals surface area contributed by atoms with Gasteiger partial charge in [0.15, 0.2) is 0 Å². The quantitative estimate of drug-likeness (QED) is 0.406. The van der Waals surface area contributed by atoms with Gasteiger partial charge in [0, 0.05) is 10.6 Å². The van der Waals surface area contributed by atoms with Gasteiger partial charge in [-0.25, -0.2) is 4.84 Å². The Labute approximate surface area is 59.9 Å². The van der Waals surface area contributed by atoms with Crippen molar-refractivity contribution >= 4 is 20.0 Å². The molecule has 0 aliphatic rings. The van der Waals surface area contributed by atoms with E-state index in [-0.39, 0.29) is 0 Å². The van der Waals surface area contributed by atoms with Gasteiger partial charge in [-0.2, -0.15) is 0 Å². The first-order valence-electron chi connectivity index (χ1n) is 2.21. The summed E-state index contributed by atoms with van der Waals surface area (Å²) in [4.78, 5) is 16.7. The van der Waals surface area contributed by atoms with E-state index < -0.39 is 8.25 Å². The lowest BCUT2D eigenvalue weighted by Crippen LogP contribution is -2.09. The minimum Gasteiger partial charge on any atom is -0.231 e. The van der Waals surface area contributed by atoms with Crippen LogP contribution >= 0.6 is 20.0 Å².